The lowest BCUT2D eigenvalue weighted by Gasteiger charge is -2.36. The molecule has 3 aromatic carbocycles. The van der Waals surface area contributed by atoms with Crippen LogP contribution in [0.4, 0.5) is 10.1 Å². The third kappa shape index (κ3) is 8.50. The fraction of sp³-hybridized carbons (Fsp3) is 0.522. The van der Waals surface area contributed by atoms with Crippen LogP contribution in [0.15, 0.2) is 54.6 Å². The molecular formula is C46H58FN6O5+. The number of piperazine rings is 1. The van der Waals surface area contributed by atoms with E-state index in [1.54, 1.807) is 14.0 Å². The number of hydrogen-bond acceptors (Lipinski definition) is 7. The van der Waals surface area contributed by atoms with Gasteiger partial charge in [0.1, 0.15) is 11.4 Å². The van der Waals surface area contributed by atoms with E-state index in [0.29, 0.717) is 67.1 Å². The number of benzene rings is 3. The van der Waals surface area contributed by atoms with Gasteiger partial charge in [-0.1, -0.05) is 24.3 Å². The van der Waals surface area contributed by atoms with Gasteiger partial charge in [0.05, 0.1) is 12.6 Å². The number of halogens is 1. The molecule has 2 N–H and O–H groups in total. The van der Waals surface area contributed by atoms with E-state index in [1.807, 2.05) is 21.9 Å². The lowest BCUT2D eigenvalue weighted by Crippen LogP contribution is -2.46. The van der Waals surface area contributed by atoms with Crippen LogP contribution in [0.2, 0.25) is 0 Å². The van der Waals surface area contributed by atoms with E-state index in [1.165, 1.54) is 11.1 Å². The Labute approximate surface area is 340 Å². The van der Waals surface area contributed by atoms with Gasteiger partial charge in [0.2, 0.25) is 12.5 Å². The summed E-state index contributed by atoms with van der Waals surface area (Å²) >= 11 is 0. The number of piperidine rings is 3. The van der Waals surface area contributed by atoms with Crippen LogP contribution in [0.25, 0.3) is 22.0 Å². The molecule has 0 spiro atoms. The first-order valence-electron chi connectivity index (χ1n) is 21.4. The van der Waals surface area contributed by atoms with E-state index in [9.17, 15) is 19.6 Å². The monoisotopic (exact) mass is 793 g/mol. The number of nitrogens with one attached hydrogen (secondary N) is 1. The summed E-state index contributed by atoms with van der Waals surface area (Å²) in [4.78, 5) is 49.8. The van der Waals surface area contributed by atoms with Crippen LogP contribution in [-0.4, -0.2) is 120 Å². The highest BCUT2D eigenvalue weighted by Gasteiger charge is 2.34. The maximum absolute atomic E-state index is 16.7. The zero-order valence-electron chi connectivity index (χ0n) is 34.1. The lowest BCUT2D eigenvalue weighted by molar-refractivity contribution is -0.638. The lowest BCUT2D eigenvalue weighted by atomic mass is 9.86. The minimum absolute atomic E-state index is 0.00155. The highest BCUT2D eigenvalue weighted by molar-refractivity contribution is 6.04. The number of amides is 2. The Kier molecular flexibility index (Phi) is 12.1. The highest BCUT2D eigenvalue weighted by Crippen LogP contribution is 2.43. The Hall–Kier alpha value is -4.81. The first kappa shape index (κ1) is 40.0. The Morgan fingerprint density at radius 3 is 2.34 bits per heavy atom. The van der Waals surface area contributed by atoms with Crippen molar-refractivity contribution >= 4 is 28.4 Å². The molecule has 0 radical (unpaired) electrons. The van der Waals surface area contributed by atoms with Gasteiger partial charge in [0.15, 0.2) is 5.82 Å². The third-order valence-corrected chi connectivity index (χ3v) is 13.2. The fourth-order valence-corrected chi connectivity index (χ4v) is 9.69. The number of fused-ring (bicyclic) bond motifs is 1. The number of nitrogens with zero attached hydrogens (tertiary/aromatic N) is 5. The molecule has 4 fully saturated rings. The van der Waals surface area contributed by atoms with Gasteiger partial charge >= 0.3 is 6.23 Å². The summed E-state index contributed by atoms with van der Waals surface area (Å²) in [6, 6.07) is 18.7. The number of methoxy groups -OCH3 is 1. The quantitative estimate of drug-likeness (QED) is 0.166. The summed E-state index contributed by atoms with van der Waals surface area (Å²) in [6.07, 6.45) is 7.18. The molecule has 12 heteroatoms. The molecule has 0 aliphatic carbocycles. The largest absolute Gasteiger partial charge is 0.496 e. The van der Waals surface area contributed by atoms with Crippen LogP contribution in [0.3, 0.4) is 0 Å². The second-order valence-electron chi connectivity index (χ2n) is 16.9. The van der Waals surface area contributed by atoms with Gasteiger partial charge in [-0.05, 0) is 104 Å². The van der Waals surface area contributed by atoms with Crippen molar-refractivity contribution in [1.29, 1.82) is 0 Å². The van der Waals surface area contributed by atoms with Gasteiger partial charge < -0.3 is 29.5 Å². The van der Waals surface area contributed by atoms with Crippen molar-refractivity contribution in [3.8, 4) is 16.9 Å². The Balaban J connectivity index is 0.963. The highest BCUT2D eigenvalue weighted by atomic mass is 19.1. The van der Waals surface area contributed by atoms with Crippen molar-refractivity contribution in [2.24, 2.45) is 0 Å². The number of aliphatic hydroxyl groups excluding tert-OH is 1. The number of hydrogen-bond donors (Lipinski definition) is 2. The smallest absolute Gasteiger partial charge is 0.302 e. The zero-order chi connectivity index (χ0) is 40.3. The summed E-state index contributed by atoms with van der Waals surface area (Å²) in [6.45, 7) is 9.19. The molecule has 11 nitrogen and oxygen atoms in total. The minimum Gasteiger partial charge on any atom is -0.496 e. The van der Waals surface area contributed by atoms with Crippen LogP contribution in [-0.2, 0) is 11.2 Å². The number of H-pyrrole nitrogens is 1. The Morgan fingerprint density at radius 2 is 1.62 bits per heavy atom. The SMILES string of the molecule is COc1cc(N2CCN(CCCc3ccc(C4CCC(O)[N+](=O)C4)cc3)CC2)ccc1-c1cc([C@H]2CCCN(C(C)=O)C2)c(F)c2[nH]c(C(=O)N3CCCCC3)cc12. The standard InChI is InChI=1S/C46H57FN6O5/c1-31(54)52-21-7-9-35(29-52)38-27-39(40-28-41(48-45(40)44(38)47)46(56)51-19-4-3-5-20-51)37-16-15-36(26-42(37)58-2)50-24-22-49(23-25-50)18-6-8-32-10-12-33(13-11-32)34-14-17-43(55)53(57)30-34/h10-13,15-16,26-28,34-35,43,55H,3-9,14,17-25,29-30H2,1-2H3/p+1/t34?,35-,43?/m0/s1. The molecule has 5 heterocycles. The molecule has 2 unspecified atom stereocenters. The number of aromatic nitrogens is 1. The Bertz CT molecular complexity index is 2120. The molecular weight excluding hydrogens is 736 g/mol. The van der Waals surface area contributed by atoms with Crippen molar-refractivity contribution < 1.29 is 28.6 Å². The number of aliphatic hydroxyl groups is 1. The second kappa shape index (κ2) is 17.6. The van der Waals surface area contributed by atoms with E-state index in [0.717, 1.165) is 106 Å². The van der Waals surface area contributed by atoms with E-state index in [4.69, 9.17) is 4.74 Å². The number of rotatable bonds is 10. The molecule has 4 aliphatic heterocycles. The fourth-order valence-electron chi connectivity index (χ4n) is 9.69. The first-order chi connectivity index (χ1) is 28.2. The summed E-state index contributed by atoms with van der Waals surface area (Å²) in [7, 11) is 1.67. The van der Waals surface area contributed by atoms with Crippen LogP contribution in [0.1, 0.15) is 97.3 Å². The van der Waals surface area contributed by atoms with E-state index < -0.39 is 6.23 Å². The molecule has 4 saturated heterocycles. The molecule has 4 aliphatic rings. The minimum atomic E-state index is -0.869. The Morgan fingerprint density at radius 1 is 0.862 bits per heavy atom. The van der Waals surface area contributed by atoms with Crippen molar-refractivity contribution in [3.63, 3.8) is 0 Å². The number of ether oxygens (including phenoxy) is 1. The van der Waals surface area contributed by atoms with Crippen LogP contribution in [0.5, 0.6) is 5.75 Å². The third-order valence-electron chi connectivity index (χ3n) is 13.2. The number of anilines is 1. The van der Waals surface area contributed by atoms with E-state index >= 15 is 4.39 Å². The molecule has 58 heavy (non-hydrogen) atoms. The molecule has 1 aromatic heterocycles. The maximum atomic E-state index is 16.7. The van der Waals surface area contributed by atoms with Gasteiger partial charge in [0, 0.05) is 110 Å². The number of nitroso groups, excluding NO2 is 1. The predicted octanol–water partition coefficient (Wildman–Crippen LogP) is 7.06. The molecule has 2 amide bonds. The average Bonchev–Trinajstić information content (AvgIpc) is 3.72. The molecule has 0 saturated carbocycles. The summed E-state index contributed by atoms with van der Waals surface area (Å²) in [5, 5.41) is 10.4. The molecule has 3 atom stereocenters. The van der Waals surface area contributed by atoms with Crippen LogP contribution in [0, 0.1) is 10.7 Å². The van der Waals surface area contributed by atoms with E-state index in [-0.39, 0.29) is 29.5 Å². The number of likely N-dealkylation sites (tertiary alicyclic amines) is 2. The van der Waals surface area contributed by atoms with Gasteiger partial charge in [0.25, 0.3) is 5.91 Å². The van der Waals surface area contributed by atoms with E-state index in [2.05, 4.69) is 57.2 Å². The molecule has 8 rings (SSSR count). The van der Waals surface area contributed by atoms with Crippen molar-refractivity contribution in [2.75, 3.05) is 77.5 Å². The van der Waals surface area contributed by atoms with Gasteiger partial charge in [-0.15, -0.1) is 0 Å². The molecule has 308 valence electrons. The van der Waals surface area contributed by atoms with Gasteiger partial charge in [-0.25, -0.2) is 4.39 Å². The van der Waals surface area contributed by atoms with Crippen LogP contribution >= 0.6 is 0 Å². The number of aryl methyl sites for hydroxylation is 1. The molecule has 0 bridgehead atoms. The second-order valence-corrected chi connectivity index (χ2v) is 16.9. The topological polar surface area (TPSA) is 112 Å². The number of carbonyl (C=O) groups is 2. The summed E-state index contributed by atoms with van der Waals surface area (Å²) < 4.78 is 23.5. The van der Waals surface area contributed by atoms with Gasteiger partial charge in [-0.3, -0.25) is 14.5 Å². The van der Waals surface area contributed by atoms with Crippen molar-refractivity contribution in [3.05, 3.63) is 87.7 Å². The van der Waals surface area contributed by atoms with Gasteiger partial charge in [-0.2, -0.15) is 0 Å². The summed E-state index contributed by atoms with van der Waals surface area (Å²) in [5.41, 5.74) is 6.48. The first-order valence-corrected chi connectivity index (χ1v) is 21.4. The number of aromatic amines is 1. The van der Waals surface area contributed by atoms with Crippen molar-refractivity contribution in [2.45, 2.75) is 82.8 Å². The average molecular weight is 794 g/mol. The van der Waals surface area contributed by atoms with Crippen molar-refractivity contribution in [1.82, 2.24) is 19.7 Å². The summed E-state index contributed by atoms with van der Waals surface area (Å²) in [5.74, 6) is 0.245. The molecule has 4 aromatic rings. The van der Waals surface area contributed by atoms with Crippen LogP contribution < -0.4 is 9.64 Å². The normalized spacial score (nSPS) is 22.1. The maximum Gasteiger partial charge on any atom is 0.302 e. The zero-order valence-corrected chi connectivity index (χ0v) is 34.1. The predicted molar refractivity (Wildman–Crippen MR) is 224 cm³/mol. The number of carbonyl (C=O) groups excluding carboxylic acids is 2.